The van der Waals surface area contributed by atoms with Gasteiger partial charge in [-0.25, -0.2) is 0 Å². The van der Waals surface area contributed by atoms with Crippen LogP contribution in [0.5, 0.6) is 0 Å². The first-order valence-electron chi connectivity index (χ1n) is 8.64. The molecule has 1 aromatic heterocycles. The van der Waals surface area contributed by atoms with Crippen molar-refractivity contribution in [3.63, 3.8) is 0 Å². The van der Waals surface area contributed by atoms with Crippen molar-refractivity contribution < 1.29 is 18.0 Å². The summed E-state index contributed by atoms with van der Waals surface area (Å²) in [6.07, 6.45) is -1.33. The molecule has 1 aliphatic heterocycles. The third kappa shape index (κ3) is 6.25. The SMILES string of the molecule is Cl.O=C(Nc1cccc(CCC(F)(F)F)c1)c1ccn(C2CCCNC2)n1. The van der Waals surface area contributed by atoms with Crippen LogP contribution >= 0.6 is 12.4 Å². The van der Waals surface area contributed by atoms with E-state index in [1.54, 1.807) is 41.2 Å². The second kappa shape index (κ2) is 9.23. The number of carbonyl (C=O) groups excluding carboxylic acids is 1. The van der Waals surface area contributed by atoms with E-state index in [0.29, 0.717) is 11.3 Å². The Kier molecular flexibility index (Phi) is 7.26. The summed E-state index contributed by atoms with van der Waals surface area (Å²) in [5, 5.41) is 10.3. The zero-order chi connectivity index (χ0) is 18.6. The maximum absolute atomic E-state index is 12.4. The topological polar surface area (TPSA) is 59.0 Å². The van der Waals surface area contributed by atoms with Gasteiger partial charge in [0.05, 0.1) is 6.04 Å². The monoisotopic (exact) mass is 402 g/mol. The van der Waals surface area contributed by atoms with Crippen molar-refractivity contribution in [2.75, 3.05) is 18.4 Å². The highest BCUT2D eigenvalue weighted by atomic mass is 35.5. The van der Waals surface area contributed by atoms with Crippen molar-refractivity contribution in [3.8, 4) is 0 Å². The van der Waals surface area contributed by atoms with Crippen molar-refractivity contribution >= 4 is 24.0 Å². The molecule has 2 aromatic rings. The molecule has 1 atom stereocenters. The number of amides is 1. The number of aryl methyl sites for hydroxylation is 1. The van der Waals surface area contributed by atoms with Crippen LogP contribution in [0.4, 0.5) is 18.9 Å². The van der Waals surface area contributed by atoms with Gasteiger partial charge in [-0.05, 0) is 49.6 Å². The van der Waals surface area contributed by atoms with Gasteiger partial charge in [-0.1, -0.05) is 12.1 Å². The Morgan fingerprint density at radius 2 is 2.15 bits per heavy atom. The molecule has 0 saturated carbocycles. The van der Waals surface area contributed by atoms with Crippen molar-refractivity contribution in [2.45, 2.75) is 37.9 Å². The average molecular weight is 403 g/mol. The lowest BCUT2D eigenvalue weighted by molar-refractivity contribution is -0.134. The quantitative estimate of drug-likeness (QED) is 0.795. The van der Waals surface area contributed by atoms with Gasteiger partial charge in [0.25, 0.3) is 5.91 Å². The predicted molar refractivity (Wildman–Crippen MR) is 99.4 cm³/mol. The van der Waals surface area contributed by atoms with Crippen LogP contribution < -0.4 is 10.6 Å². The second-order valence-electron chi connectivity index (χ2n) is 6.45. The molecule has 1 aliphatic rings. The van der Waals surface area contributed by atoms with E-state index < -0.39 is 12.6 Å². The Morgan fingerprint density at radius 3 is 2.85 bits per heavy atom. The van der Waals surface area contributed by atoms with E-state index in [2.05, 4.69) is 15.7 Å². The molecule has 0 spiro atoms. The molecular formula is C18H22ClF3N4O. The van der Waals surface area contributed by atoms with Crippen LogP contribution in [0, 0.1) is 0 Å². The second-order valence-corrected chi connectivity index (χ2v) is 6.45. The fourth-order valence-electron chi connectivity index (χ4n) is 3.01. The molecule has 148 valence electrons. The smallest absolute Gasteiger partial charge is 0.321 e. The zero-order valence-corrected chi connectivity index (χ0v) is 15.4. The Balaban J connectivity index is 0.00000261. The van der Waals surface area contributed by atoms with E-state index in [4.69, 9.17) is 0 Å². The summed E-state index contributed by atoms with van der Waals surface area (Å²) in [6.45, 7) is 1.82. The minimum absolute atomic E-state index is 0. The summed E-state index contributed by atoms with van der Waals surface area (Å²) in [6, 6.07) is 8.34. The van der Waals surface area contributed by atoms with Gasteiger partial charge >= 0.3 is 6.18 Å². The number of hydrogen-bond acceptors (Lipinski definition) is 3. The van der Waals surface area contributed by atoms with Gasteiger partial charge in [0.1, 0.15) is 0 Å². The Labute approximate surface area is 161 Å². The molecule has 0 bridgehead atoms. The van der Waals surface area contributed by atoms with E-state index >= 15 is 0 Å². The summed E-state index contributed by atoms with van der Waals surface area (Å²) in [7, 11) is 0. The van der Waals surface area contributed by atoms with Crippen molar-refractivity contribution in [1.82, 2.24) is 15.1 Å². The van der Waals surface area contributed by atoms with Gasteiger partial charge < -0.3 is 10.6 Å². The van der Waals surface area contributed by atoms with Crippen molar-refractivity contribution in [1.29, 1.82) is 0 Å². The molecule has 1 amide bonds. The number of benzene rings is 1. The molecule has 1 saturated heterocycles. The Morgan fingerprint density at radius 1 is 1.33 bits per heavy atom. The van der Waals surface area contributed by atoms with E-state index in [1.165, 1.54) is 0 Å². The summed E-state index contributed by atoms with van der Waals surface area (Å²) >= 11 is 0. The van der Waals surface area contributed by atoms with Crippen LogP contribution in [-0.4, -0.2) is 35.0 Å². The standard InChI is InChI=1S/C18H21F3N4O.ClH/c19-18(20,21)8-6-13-3-1-4-14(11-13)23-17(26)16-7-10-25(24-16)15-5-2-9-22-12-15;/h1,3-4,7,10-11,15,22H,2,5-6,8-9,12H2,(H,23,26);1H. The molecule has 2 heterocycles. The van der Waals surface area contributed by atoms with Crippen LogP contribution in [0.25, 0.3) is 0 Å². The highest BCUT2D eigenvalue weighted by Gasteiger charge is 2.26. The normalized spacial score (nSPS) is 17.2. The Bertz CT molecular complexity index is 757. The van der Waals surface area contributed by atoms with E-state index in [-0.39, 0.29) is 36.5 Å². The molecule has 2 N–H and O–H groups in total. The van der Waals surface area contributed by atoms with E-state index in [9.17, 15) is 18.0 Å². The van der Waals surface area contributed by atoms with E-state index in [1.807, 2.05) is 0 Å². The first-order valence-corrected chi connectivity index (χ1v) is 8.64. The van der Waals surface area contributed by atoms with Crippen molar-refractivity contribution in [3.05, 3.63) is 47.8 Å². The lowest BCUT2D eigenvalue weighted by Crippen LogP contribution is -2.32. The molecule has 5 nitrogen and oxygen atoms in total. The van der Waals surface area contributed by atoms with Gasteiger partial charge in [-0.15, -0.1) is 12.4 Å². The molecule has 1 fully saturated rings. The van der Waals surface area contributed by atoms with Gasteiger partial charge in [-0.2, -0.15) is 18.3 Å². The first-order chi connectivity index (χ1) is 12.4. The van der Waals surface area contributed by atoms with Crippen LogP contribution in [0.3, 0.4) is 0 Å². The number of carbonyl (C=O) groups is 1. The number of anilines is 1. The molecule has 27 heavy (non-hydrogen) atoms. The van der Waals surface area contributed by atoms with Crippen LogP contribution in [0.15, 0.2) is 36.5 Å². The van der Waals surface area contributed by atoms with Gasteiger partial charge in [0, 0.05) is 24.8 Å². The third-order valence-electron chi connectivity index (χ3n) is 4.37. The number of aromatic nitrogens is 2. The molecule has 3 rings (SSSR count). The molecule has 1 unspecified atom stereocenters. The Hall–Kier alpha value is -2.06. The molecule has 0 radical (unpaired) electrons. The highest BCUT2D eigenvalue weighted by molar-refractivity contribution is 6.02. The molecule has 1 aromatic carbocycles. The summed E-state index contributed by atoms with van der Waals surface area (Å²) in [4.78, 5) is 12.4. The van der Waals surface area contributed by atoms with Crippen LogP contribution in [-0.2, 0) is 6.42 Å². The first kappa shape index (κ1) is 21.2. The minimum atomic E-state index is -4.19. The average Bonchev–Trinajstić information content (AvgIpc) is 3.11. The predicted octanol–water partition coefficient (Wildman–Crippen LogP) is 3.98. The maximum Gasteiger partial charge on any atom is 0.389 e. The molecule has 0 aliphatic carbocycles. The number of halogens is 4. The number of hydrogen-bond donors (Lipinski definition) is 2. The van der Waals surface area contributed by atoms with E-state index in [0.717, 1.165) is 25.9 Å². The number of alkyl halides is 3. The largest absolute Gasteiger partial charge is 0.389 e. The van der Waals surface area contributed by atoms with Crippen LogP contribution in [0.2, 0.25) is 0 Å². The third-order valence-corrected chi connectivity index (χ3v) is 4.37. The molecular weight excluding hydrogens is 381 g/mol. The fraction of sp³-hybridized carbons (Fsp3) is 0.444. The number of piperidine rings is 1. The lowest BCUT2D eigenvalue weighted by Gasteiger charge is -2.22. The summed E-state index contributed by atoms with van der Waals surface area (Å²) in [5.74, 6) is -0.375. The van der Waals surface area contributed by atoms with Crippen LogP contribution in [0.1, 0.15) is 41.4 Å². The fourth-order valence-corrected chi connectivity index (χ4v) is 3.01. The summed E-state index contributed by atoms with van der Waals surface area (Å²) in [5.41, 5.74) is 1.28. The highest BCUT2D eigenvalue weighted by Crippen LogP contribution is 2.23. The number of nitrogens with one attached hydrogen (secondary N) is 2. The lowest BCUT2D eigenvalue weighted by atomic mass is 10.1. The van der Waals surface area contributed by atoms with Gasteiger partial charge in [0.15, 0.2) is 5.69 Å². The maximum atomic E-state index is 12.4. The number of nitrogens with zero attached hydrogens (tertiary/aromatic N) is 2. The van der Waals surface area contributed by atoms with Gasteiger partial charge in [0.2, 0.25) is 0 Å². The zero-order valence-electron chi connectivity index (χ0n) is 14.6. The number of rotatable bonds is 5. The minimum Gasteiger partial charge on any atom is -0.321 e. The molecule has 9 heteroatoms. The van der Waals surface area contributed by atoms with Crippen molar-refractivity contribution in [2.24, 2.45) is 0 Å². The van der Waals surface area contributed by atoms with Gasteiger partial charge in [-0.3, -0.25) is 9.48 Å². The summed E-state index contributed by atoms with van der Waals surface area (Å²) < 4.78 is 38.8.